The molecule has 2 heterocycles. The molecule has 136 valence electrons. The van der Waals surface area contributed by atoms with Crippen molar-refractivity contribution in [3.8, 4) is 22.7 Å². The molecule has 7 heteroatoms. The maximum absolute atomic E-state index is 12.4. The molecule has 1 aliphatic heterocycles. The Kier molecular flexibility index (Phi) is 5.98. The first-order valence-corrected chi connectivity index (χ1v) is 9.09. The van der Waals surface area contributed by atoms with E-state index in [0.717, 1.165) is 35.7 Å². The van der Waals surface area contributed by atoms with Crippen LogP contribution in [-0.4, -0.2) is 16.9 Å². The topological polar surface area (TPSA) is 18.0 Å². The molecule has 0 fully saturated rings. The normalized spacial score (nSPS) is 13.2. The van der Waals surface area contributed by atoms with Gasteiger partial charge < -0.3 is 21.7 Å². The fraction of sp³-hybridized carbons (Fsp3) is 0.211. The van der Waals surface area contributed by atoms with Gasteiger partial charge in [0.15, 0.2) is 5.69 Å². The summed E-state index contributed by atoms with van der Waals surface area (Å²) >= 11 is 1.84. The van der Waals surface area contributed by atoms with E-state index in [2.05, 4.69) is 32.2 Å². The fourth-order valence-corrected chi connectivity index (χ4v) is 4.13. The Balaban J connectivity index is 0.00000196. The summed E-state index contributed by atoms with van der Waals surface area (Å²) in [6.07, 6.45) is 3.28. The van der Waals surface area contributed by atoms with E-state index in [1.165, 1.54) is 5.16 Å². The van der Waals surface area contributed by atoms with Crippen molar-refractivity contribution in [1.82, 2.24) is 4.57 Å². The third-order valence-electron chi connectivity index (χ3n) is 4.12. The van der Waals surface area contributed by atoms with Gasteiger partial charge in [-0.05, 0) is 54.6 Å². The largest absolute Gasteiger partial charge is 1.00 e. The number of para-hydroxylation sites is 1. The number of imidazole rings is 1. The second-order valence-electron chi connectivity index (χ2n) is 5.77. The number of thioether (sulfide) groups is 1. The van der Waals surface area contributed by atoms with Crippen LogP contribution in [0.3, 0.4) is 0 Å². The summed E-state index contributed by atoms with van der Waals surface area (Å²) < 4.78 is 33.6. The molecule has 0 atom stereocenters. The lowest BCUT2D eigenvalue weighted by atomic mass is 10.1. The Hall–Kier alpha value is -1.86. The summed E-state index contributed by atoms with van der Waals surface area (Å²) in [7, 11) is 0. The van der Waals surface area contributed by atoms with E-state index in [9.17, 15) is 8.78 Å². The molecule has 2 aromatic carbocycles. The van der Waals surface area contributed by atoms with Crippen molar-refractivity contribution in [2.45, 2.75) is 24.7 Å². The zero-order valence-electron chi connectivity index (χ0n) is 13.8. The summed E-state index contributed by atoms with van der Waals surface area (Å²) in [6.45, 7) is -1.82. The third kappa shape index (κ3) is 3.78. The average Bonchev–Trinajstić information content (AvgIpc) is 3.02. The van der Waals surface area contributed by atoms with Crippen LogP contribution in [0.15, 0.2) is 66.0 Å². The molecule has 0 amide bonds. The maximum atomic E-state index is 12.4. The second kappa shape index (κ2) is 8.22. The summed E-state index contributed by atoms with van der Waals surface area (Å²) in [4.78, 5) is 0. The first-order valence-electron chi connectivity index (χ1n) is 8.11. The number of nitrogens with zero attached hydrogens (tertiary/aromatic N) is 2. The zero-order valence-corrected chi connectivity index (χ0v) is 16.2. The molecular formula is C19H17BrF2N2OS. The van der Waals surface area contributed by atoms with E-state index in [1.54, 1.807) is 12.1 Å². The van der Waals surface area contributed by atoms with Crippen LogP contribution in [0, 0.1) is 0 Å². The first kappa shape index (κ1) is 18.9. The minimum Gasteiger partial charge on any atom is -1.00 e. The van der Waals surface area contributed by atoms with E-state index in [1.807, 2.05) is 42.1 Å². The summed E-state index contributed by atoms with van der Waals surface area (Å²) in [6, 6.07) is 17.0. The molecule has 3 aromatic rings. The highest BCUT2D eigenvalue weighted by molar-refractivity contribution is 7.99. The molecule has 0 bridgehead atoms. The van der Waals surface area contributed by atoms with Gasteiger partial charge in [-0.25, -0.2) is 4.57 Å². The van der Waals surface area contributed by atoms with Crippen molar-refractivity contribution in [2.75, 3.05) is 5.75 Å². The summed E-state index contributed by atoms with van der Waals surface area (Å²) in [5.74, 6) is 1.26. The molecule has 0 unspecified atom stereocenters. The number of ether oxygens (including phenoxy) is 1. The second-order valence-corrected chi connectivity index (χ2v) is 6.83. The molecule has 26 heavy (non-hydrogen) atoms. The Morgan fingerprint density at radius 3 is 2.46 bits per heavy atom. The number of alkyl halides is 2. The number of hydrogen-bond donors (Lipinski definition) is 0. The van der Waals surface area contributed by atoms with E-state index in [4.69, 9.17) is 0 Å². The predicted molar refractivity (Wildman–Crippen MR) is 93.4 cm³/mol. The van der Waals surface area contributed by atoms with Gasteiger partial charge >= 0.3 is 11.8 Å². The van der Waals surface area contributed by atoms with Gasteiger partial charge in [-0.15, -0.1) is 0 Å². The standard InChI is InChI=1S/C19H17F2N2OS.BrH/c20-18(21)24-16-9-7-14(8-10-16)17-13-22-11-4-12-25-19(22)23(17)15-5-2-1-3-6-15;/h1-3,5-10,13,18H,4,11-12H2;1H/q+1;/p-1. The van der Waals surface area contributed by atoms with Crippen molar-refractivity contribution in [2.24, 2.45) is 0 Å². The lowest BCUT2D eigenvalue weighted by Crippen LogP contribution is -3.00. The van der Waals surface area contributed by atoms with E-state index in [-0.39, 0.29) is 22.7 Å². The Morgan fingerprint density at radius 1 is 1.04 bits per heavy atom. The molecule has 1 aromatic heterocycles. The van der Waals surface area contributed by atoms with Gasteiger partial charge in [0.25, 0.3) is 0 Å². The molecule has 1 aliphatic rings. The number of fused-ring (bicyclic) bond motifs is 1. The monoisotopic (exact) mass is 438 g/mol. The number of aryl methyl sites for hydroxylation is 1. The van der Waals surface area contributed by atoms with Crippen LogP contribution in [0.25, 0.3) is 16.9 Å². The number of benzene rings is 2. The number of rotatable bonds is 4. The van der Waals surface area contributed by atoms with Gasteiger partial charge in [-0.3, -0.25) is 0 Å². The van der Waals surface area contributed by atoms with Gasteiger partial charge in [0, 0.05) is 11.3 Å². The SMILES string of the molecule is FC(F)Oc1ccc(-c2c[n+]3c(n2-c2ccccc2)SCCC3)cc1.[Br-]. The van der Waals surface area contributed by atoms with Crippen molar-refractivity contribution in [3.63, 3.8) is 0 Å². The third-order valence-corrected chi connectivity index (χ3v) is 5.29. The van der Waals surface area contributed by atoms with Crippen LogP contribution < -0.4 is 26.3 Å². The molecule has 0 aliphatic carbocycles. The number of halogens is 3. The van der Waals surface area contributed by atoms with Crippen molar-refractivity contribution >= 4 is 11.8 Å². The smallest absolute Gasteiger partial charge is 0.387 e. The van der Waals surface area contributed by atoms with Gasteiger partial charge in [0.1, 0.15) is 17.6 Å². The first-order chi connectivity index (χ1) is 12.2. The molecular weight excluding hydrogens is 422 g/mol. The number of aromatic nitrogens is 2. The van der Waals surface area contributed by atoms with E-state index in [0.29, 0.717) is 0 Å². The van der Waals surface area contributed by atoms with Gasteiger partial charge in [-0.1, -0.05) is 18.2 Å². The lowest BCUT2D eigenvalue weighted by Gasteiger charge is -2.09. The molecule has 0 spiro atoms. The predicted octanol–water partition coefficient (Wildman–Crippen LogP) is 1.53. The highest BCUT2D eigenvalue weighted by Gasteiger charge is 2.28. The Bertz CT molecular complexity index is 869. The molecule has 0 saturated carbocycles. The van der Waals surface area contributed by atoms with Crippen molar-refractivity contribution < 1.29 is 35.1 Å². The molecule has 4 rings (SSSR count). The lowest BCUT2D eigenvalue weighted by molar-refractivity contribution is -0.734. The quantitative estimate of drug-likeness (QED) is 0.575. The van der Waals surface area contributed by atoms with Crippen molar-refractivity contribution in [1.29, 1.82) is 0 Å². The van der Waals surface area contributed by atoms with Crippen LogP contribution in [0.1, 0.15) is 6.42 Å². The van der Waals surface area contributed by atoms with Crippen molar-refractivity contribution in [3.05, 3.63) is 60.8 Å². The Labute approximate surface area is 165 Å². The fourth-order valence-electron chi connectivity index (χ4n) is 3.04. The zero-order chi connectivity index (χ0) is 17.2. The minimum absolute atomic E-state index is 0. The maximum Gasteiger partial charge on any atom is 0.387 e. The van der Waals surface area contributed by atoms with Gasteiger partial charge in [-0.2, -0.15) is 13.3 Å². The van der Waals surface area contributed by atoms with Gasteiger partial charge in [0.2, 0.25) is 0 Å². The van der Waals surface area contributed by atoms with Crippen LogP contribution >= 0.6 is 11.8 Å². The molecule has 0 radical (unpaired) electrons. The number of hydrogen-bond acceptors (Lipinski definition) is 2. The molecule has 3 nitrogen and oxygen atoms in total. The summed E-state index contributed by atoms with van der Waals surface area (Å²) in [5, 5.41) is 1.19. The molecule has 0 saturated heterocycles. The highest BCUT2D eigenvalue weighted by Crippen LogP contribution is 2.31. The van der Waals surface area contributed by atoms with E-state index < -0.39 is 6.61 Å². The van der Waals surface area contributed by atoms with Crippen LogP contribution in [0.4, 0.5) is 8.78 Å². The van der Waals surface area contributed by atoms with Crippen LogP contribution in [0.2, 0.25) is 0 Å². The van der Waals surface area contributed by atoms with Crippen LogP contribution in [0.5, 0.6) is 5.75 Å². The highest BCUT2D eigenvalue weighted by atomic mass is 79.9. The van der Waals surface area contributed by atoms with E-state index >= 15 is 0 Å². The minimum atomic E-state index is -2.81. The Morgan fingerprint density at radius 2 is 1.77 bits per heavy atom. The summed E-state index contributed by atoms with van der Waals surface area (Å²) in [5.41, 5.74) is 3.10. The average molecular weight is 439 g/mol. The van der Waals surface area contributed by atoms with Gasteiger partial charge in [0.05, 0.1) is 6.54 Å². The van der Waals surface area contributed by atoms with Crippen LogP contribution in [-0.2, 0) is 6.54 Å². The molecule has 0 N–H and O–H groups in total.